The Balaban J connectivity index is 1.56. The van der Waals surface area contributed by atoms with E-state index in [9.17, 15) is 4.79 Å². The first-order chi connectivity index (χ1) is 13.8. The van der Waals surface area contributed by atoms with Crippen LogP contribution in [0.3, 0.4) is 0 Å². The van der Waals surface area contributed by atoms with E-state index in [1.807, 2.05) is 67.7 Å². The molecule has 0 aromatic heterocycles. The Hall–Kier alpha value is -3.27. The fraction of sp³-hybridized carbons (Fsp3) is 0.208. The molecule has 0 aliphatic heterocycles. The molecule has 0 heterocycles. The number of carbonyl (C=O) groups is 1. The van der Waals surface area contributed by atoms with E-state index in [-0.39, 0.29) is 5.97 Å². The molecule has 3 rings (SSSR count). The predicted octanol–water partition coefficient (Wildman–Crippen LogP) is 5.10. The Morgan fingerprint density at radius 2 is 1.64 bits per heavy atom. The van der Waals surface area contributed by atoms with Gasteiger partial charge in [-0.25, -0.2) is 4.79 Å². The minimum absolute atomic E-state index is 0.287. The third-order valence-corrected chi connectivity index (χ3v) is 4.42. The van der Waals surface area contributed by atoms with Gasteiger partial charge in [0.05, 0.1) is 12.2 Å². The molecule has 0 radical (unpaired) electrons. The lowest BCUT2D eigenvalue weighted by Crippen LogP contribution is -2.07. The maximum atomic E-state index is 12.0. The van der Waals surface area contributed by atoms with E-state index in [0.29, 0.717) is 18.8 Å². The Bertz CT molecular complexity index is 879. The van der Waals surface area contributed by atoms with Gasteiger partial charge in [-0.15, -0.1) is 0 Å². The van der Waals surface area contributed by atoms with Crippen LogP contribution in [0.15, 0.2) is 78.9 Å². The second kappa shape index (κ2) is 10.2. The molecule has 0 saturated carbocycles. The summed E-state index contributed by atoms with van der Waals surface area (Å²) < 4.78 is 11.4. The van der Waals surface area contributed by atoms with Gasteiger partial charge in [0.15, 0.2) is 0 Å². The first-order valence-corrected chi connectivity index (χ1v) is 9.46. The molecular weight excluding hydrogens is 350 g/mol. The number of ether oxygens (including phenoxy) is 2. The first-order valence-electron chi connectivity index (χ1n) is 9.46. The summed E-state index contributed by atoms with van der Waals surface area (Å²) in [5.41, 5.74) is 3.83. The van der Waals surface area contributed by atoms with Gasteiger partial charge < -0.3 is 14.8 Å². The molecule has 0 aliphatic carbocycles. The molecule has 3 aromatic rings. The molecule has 0 atom stereocenters. The summed E-state index contributed by atoms with van der Waals surface area (Å²) in [5, 5.41) is 3.16. The van der Waals surface area contributed by atoms with Gasteiger partial charge in [0.2, 0.25) is 0 Å². The molecule has 0 unspecified atom stereocenters. The van der Waals surface area contributed by atoms with E-state index in [2.05, 4.69) is 11.4 Å². The van der Waals surface area contributed by atoms with Gasteiger partial charge in [0.25, 0.3) is 0 Å². The second-order valence-electron chi connectivity index (χ2n) is 6.45. The highest BCUT2D eigenvalue weighted by Gasteiger charge is 2.08. The lowest BCUT2D eigenvalue weighted by molar-refractivity contribution is 0.0500. The SMILES string of the molecule is CNc1ccc(OCc2ccccc2)c(CCCOC(=O)c2ccccc2)c1. The number of benzene rings is 3. The molecule has 0 bridgehead atoms. The summed E-state index contributed by atoms with van der Waals surface area (Å²) in [4.78, 5) is 12.0. The molecule has 1 N–H and O–H groups in total. The van der Waals surface area contributed by atoms with Crippen molar-refractivity contribution >= 4 is 11.7 Å². The van der Waals surface area contributed by atoms with Gasteiger partial charge in [-0.3, -0.25) is 0 Å². The minimum atomic E-state index is -0.287. The topological polar surface area (TPSA) is 47.6 Å². The summed E-state index contributed by atoms with van der Waals surface area (Å²) in [5.74, 6) is 0.572. The van der Waals surface area contributed by atoms with Crippen LogP contribution < -0.4 is 10.1 Å². The second-order valence-corrected chi connectivity index (χ2v) is 6.45. The predicted molar refractivity (Wildman–Crippen MR) is 112 cm³/mol. The van der Waals surface area contributed by atoms with Gasteiger partial charge in [0.1, 0.15) is 12.4 Å². The highest BCUT2D eigenvalue weighted by atomic mass is 16.5. The minimum Gasteiger partial charge on any atom is -0.489 e. The molecule has 0 fully saturated rings. The van der Waals surface area contributed by atoms with Crippen molar-refractivity contribution < 1.29 is 14.3 Å². The monoisotopic (exact) mass is 375 g/mol. The van der Waals surface area contributed by atoms with E-state index in [4.69, 9.17) is 9.47 Å². The van der Waals surface area contributed by atoms with Crippen LogP contribution in [0.5, 0.6) is 5.75 Å². The quantitative estimate of drug-likeness (QED) is 0.418. The highest BCUT2D eigenvalue weighted by molar-refractivity contribution is 5.89. The zero-order chi connectivity index (χ0) is 19.6. The number of carbonyl (C=O) groups excluding carboxylic acids is 1. The van der Waals surface area contributed by atoms with E-state index in [1.54, 1.807) is 12.1 Å². The van der Waals surface area contributed by atoms with Crippen LogP contribution in [-0.4, -0.2) is 19.6 Å². The summed E-state index contributed by atoms with van der Waals surface area (Å²) >= 11 is 0. The van der Waals surface area contributed by atoms with Crippen LogP contribution in [0.2, 0.25) is 0 Å². The van der Waals surface area contributed by atoms with Crippen molar-refractivity contribution in [2.75, 3.05) is 19.0 Å². The van der Waals surface area contributed by atoms with Crippen LogP contribution in [-0.2, 0) is 17.8 Å². The van der Waals surface area contributed by atoms with E-state index in [1.165, 1.54) is 0 Å². The Kier molecular flexibility index (Phi) is 7.08. The van der Waals surface area contributed by atoms with Crippen LogP contribution in [0.25, 0.3) is 0 Å². The van der Waals surface area contributed by atoms with Gasteiger partial charge >= 0.3 is 5.97 Å². The molecule has 4 heteroatoms. The highest BCUT2D eigenvalue weighted by Crippen LogP contribution is 2.25. The van der Waals surface area contributed by atoms with Crippen molar-refractivity contribution in [3.8, 4) is 5.75 Å². The van der Waals surface area contributed by atoms with E-state index < -0.39 is 0 Å². The van der Waals surface area contributed by atoms with Crippen molar-refractivity contribution in [2.24, 2.45) is 0 Å². The summed E-state index contributed by atoms with van der Waals surface area (Å²) in [6.45, 7) is 0.894. The maximum Gasteiger partial charge on any atom is 0.338 e. The smallest absolute Gasteiger partial charge is 0.338 e. The molecule has 28 heavy (non-hydrogen) atoms. The lowest BCUT2D eigenvalue weighted by Gasteiger charge is -2.14. The molecule has 4 nitrogen and oxygen atoms in total. The zero-order valence-electron chi connectivity index (χ0n) is 16.1. The van der Waals surface area contributed by atoms with Crippen LogP contribution >= 0.6 is 0 Å². The number of esters is 1. The molecule has 0 aliphatic rings. The summed E-state index contributed by atoms with van der Waals surface area (Å²) in [6, 6.07) is 25.2. The molecule has 144 valence electrons. The maximum absolute atomic E-state index is 12.0. The third-order valence-electron chi connectivity index (χ3n) is 4.42. The Morgan fingerprint density at radius 3 is 2.36 bits per heavy atom. The average Bonchev–Trinajstić information content (AvgIpc) is 2.76. The fourth-order valence-corrected chi connectivity index (χ4v) is 2.89. The number of anilines is 1. The zero-order valence-corrected chi connectivity index (χ0v) is 16.1. The fourth-order valence-electron chi connectivity index (χ4n) is 2.89. The van der Waals surface area contributed by atoms with Crippen LogP contribution in [0, 0.1) is 0 Å². The third kappa shape index (κ3) is 5.61. The molecule has 0 saturated heterocycles. The van der Waals surface area contributed by atoms with E-state index in [0.717, 1.165) is 35.4 Å². The van der Waals surface area contributed by atoms with Gasteiger partial charge in [0, 0.05) is 12.7 Å². The van der Waals surface area contributed by atoms with Crippen molar-refractivity contribution in [1.82, 2.24) is 0 Å². The molecular formula is C24H25NO3. The molecule has 3 aromatic carbocycles. The lowest BCUT2D eigenvalue weighted by atomic mass is 10.1. The number of hydrogen-bond donors (Lipinski definition) is 1. The molecule has 0 amide bonds. The molecule has 0 spiro atoms. The van der Waals surface area contributed by atoms with Gasteiger partial charge in [-0.2, -0.15) is 0 Å². The number of hydrogen-bond acceptors (Lipinski definition) is 4. The van der Waals surface area contributed by atoms with Crippen molar-refractivity contribution in [1.29, 1.82) is 0 Å². The largest absolute Gasteiger partial charge is 0.489 e. The number of rotatable bonds is 9. The van der Waals surface area contributed by atoms with Crippen LogP contribution in [0.4, 0.5) is 5.69 Å². The van der Waals surface area contributed by atoms with Crippen molar-refractivity contribution in [3.05, 3.63) is 95.6 Å². The van der Waals surface area contributed by atoms with E-state index >= 15 is 0 Å². The first kappa shape index (κ1) is 19.5. The Morgan fingerprint density at radius 1 is 0.929 bits per heavy atom. The summed E-state index contributed by atoms with van der Waals surface area (Å²) in [7, 11) is 1.89. The normalized spacial score (nSPS) is 10.3. The van der Waals surface area contributed by atoms with Crippen molar-refractivity contribution in [3.63, 3.8) is 0 Å². The Labute approximate surface area is 166 Å². The average molecular weight is 375 g/mol. The number of aryl methyl sites for hydroxylation is 1. The summed E-state index contributed by atoms with van der Waals surface area (Å²) in [6.07, 6.45) is 1.50. The standard InChI is InChI=1S/C24H25NO3/c1-25-22-14-15-23(28-18-19-9-4-2-5-10-19)21(17-22)13-8-16-27-24(26)20-11-6-3-7-12-20/h2-7,9-12,14-15,17,25H,8,13,16,18H2,1H3. The van der Waals surface area contributed by atoms with Gasteiger partial charge in [-0.1, -0.05) is 48.5 Å². The van der Waals surface area contributed by atoms with Crippen molar-refractivity contribution in [2.45, 2.75) is 19.4 Å². The number of nitrogens with one attached hydrogen (secondary N) is 1. The van der Waals surface area contributed by atoms with Crippen LogP contribution in [0.1, 0.15) is 27.9 Å². The van der Waals surface area contributed by atoms with Gasteiger partial charge in [-0.05, 0) is 54.3 Å².